The highest BCUT2D eigenvalue weighted by Crippen LogP contribution is 2.25. The van der Waals surface area contributed by atoms with Gasteiger partial charge in [0.05, 0.1) is 19.7 Å². The molecule has 7 nitrogen and oxygen atoms in total. The summed E-state index contributed by atoms with van der Waals surface area (Å²) in [6.07, 6.45) is 7.45. The Morgan fingerprint density at radius 2 is 1.69 bits per heavy atom. The van der Waals surface area contributed by atoms with E-state index in [1.54, 1.807) is 36.3 Å². The van der Waals surface area contributed by atoms with Crippen molar-refractivity contribution in [1.29, 1.82) is 0 Å². The minimum absolute atomic E-state index is 0.0118. The van der Waals surface area contributed by atoms with Gasteiger partial charge in [0.25, 0.3) is 5.91 Å². The number of amides is 2. The summed E-state index contributed by atoms with van der Waals surface area (Å²) in [6.45, 7) is 1.73. The van der Waals surface area contributed by atoms with Crippen LogP contribution in [0, 0.1) is 0 Å². The summed E-state index contributed by atoms with van der Waals surface area (Å²) in [5, 5.41) is 0.596. The van der Waals surface area contributed by atoms with Gasteiger partial charge in [-0.2, -0.15) is 0 Å². The van der Waals surface area contributed by atoms with Crippen LogP contribution in [0.4, 0.5) is 0 Å². The molecular formula is C31H38ClN3O4. The van der Waals surface area contributed by atoms with Crippen LogP contribution < -0.4 is 4.74 Å². The predicted molar refractivity (Wildman–Crippen MR) is 153 cm³/mol. The molecule has 3 aromatic rings. The average molecular weight is 552 g/mol. The molecule has 0 N–H and O–H groups in total. The topological polar surface area (TPSA) is 64.0 Å². The highest BCUT2D eigenvalue weighted by atomic mass is 35.5. The lowest BCUT2D eigenvalue weighted by Gasteiger charge is -2.36. The maximum atomic E-state index is 13.9. The van der Waals surface area contributed by atoms with Crippen molar-refractivity contribution in [1.82, 2.24) is 14.4 Å². The number of methoxy groups -OCH3 is 1. The van der Waals surface area contributed by atoms with Gasteiger partial charge in [0.15, 0.2) is 6.61 Å². The van der Waals surface area contributed by atoms with Crippen molar-refractivity contribution in [3.8, 4) is 5.75 Å². The zero-order valence-electron chi connectivity index (χ0n) is 22.6. The van der Waals surface area contributed by atoms with E-state index in [0.29, 0.717) is 30.5 Å². The molecule has 1 heterocycles. The fraction of sp³-hybridized carbons (Fsp3) is 0.419. The number of nitrogens with zero attached hydrogens (tertiary/aromatic N) is 3. The van der Waals surface area contributed by atoms with Crippen LogP contribution in [0.2, 0.25) is 5.02 Å². The van der Waals surface area contributed by atoms with E-state index in [1.807, 2.05) is 29.2 Å². The SMILES string of the molecule is COCCN(CC(=O)N(Cc1cccn1Cc1ccccc1)C1CCCCC1)C(=O)COc1ccc(Cl)cc1. The van der Waals surface area contributed by atoms with Gasteiger partial charge in [-0.3, -0.25) is 9.59 Å². The van der Waals surface area contributed by atoms with Crippen LogP contribution in [-0.4, -0.2) is 65.6 Å². The number of benzene rings is 2. The molecule has 0 saturated heterocycles. The summed E-state index contributed by atoms with van der Waals surface area (Å²) >= 11 is 5.95. The summed E-state index contributed by atoms with van der Waals surface area (Å²) in [6, 6.07) is 21.5. The van der Waals surface area contributed by atoms with E-state index < -0.39 is 0 Å². The number of hydrogen-bond donors (Lipinski definition) is 0. The lowest BCUT2D eigenvalue weighted by molar-refractivity contribution is -0.144. The van der Waals surface area contributed by atoms with Crippen molar-refractivity contribution in [2.45, 2.75) is 51.2 Å². The Kier molecular flexibility index (Phi) is 10.9. The van der Waals surface area contributed by atoms with Crippen LogP contribution in [0.1, 0.15) is 43.4 Å². The Hall–Kier alpha value is -3.29. The molecule has 1 aliphatic rings. The minimum Gasteiger partial charge on any atom is -0.484 e. The highest BCUT2D eigenvalue weighted by Gasteiger charge is 2.29. The Balaban J connectivity index is 1.46. The molecule has 0 atom stereocenters. The van der Waals surface area contributed by atoms with Crippen molar-refractivity contribution >= 4 is 23.4 Å². The molecule has 1 aliphatic carbocycles. The number of halogens is 1. The third-order valence-electron chi connectivity index (χ3n) is 7.21. The van der Waals surface area contributed by atoms with E-state index in [4.69, 9.17) is 21.1 Å². The molecule has 1 fully saturated rings. The number of rotatable bonds is 13. The molecule has 1 saturated carbocycles. The number of hydrogen-bond acceptors (Lipinski definition) is 4. The fourth-order valence-electron chi connectivity index (χ4n) is 5.03. The third-order valence-corrected chi connectivity index (χ3v) is 7.46. The van der Waals surface area contributed by atoms with Gasteiger partial charge < -0.3 is 23.8 Å². The van der Waals surface area contributed by atoms with Gasteiger partial charge in [-0.1, -0.05) is 61.2 Å². The van der Waals surface area contributed by atoms with Gasteiger partial charge in [0, 0.05) is 43.2 Å². The first-order valence-electron chi connectivity index (χ1n) is 13.7. The molecular weight excluding hydrogens is 514 g/mol. The highest BCUT2D eigenvalue weighted by molar-refractivity contribution is 6.30. The maximum absolute atomic E-state index is 13.9. The van der Waals surface area contributed by atoms with Crippen LogP contribution in [0.3, 0.4) is 0 Å². The second-order valence-electron chi connectivity index (χ2n) is 9.98. The van der Waals surface area contributed by atoms with Gasteiger partial charge >= 0.3 is 0 Å². The van der Waals surface area contributed by atoms with E-state index in [0.717, 1.165) is 37.9 Å². The van der Waals surface area contributed by atoms with Crippen molar-refractivity contribution in [2.24, 2.45) is 0 Å². The van der Waals surface area contributed by atoms with Crippen LogP contribution >= 0.6 is 11.6 Å². The zero-order valence-corrected chi connectivity index (χ0v) is 23.4. The van der Waals surface area contributed by atoms with E-state index in [9.17, 15) is 9.59 Å². The van der Waals surface area contributed by atoms with Crippen LogP contribution in [0.25, 0.3) is 0 Å². The molecule has 0 bridgehead atoms. The molecule has 2 amide bonds. The lowest BCUT2D eigenvalue weighted by atomic mass is 9.94. The number of ether oxygens (including phenoxy) is 2. The van der Waals surface area contributed by atoms with Gasteiger partial charge in [0.1, 0.15) is 5.75 Å². The molecule has 0 unspecified atom stereocenters. The fourth-order valence-corrected chi connectivity index (χ4v) is 5.16. The molecule has 8 heteroatoms. The van der Waals surface area contributed by atoms with E-state index in [1.165, 1.54) is 12.0 Å². The maximum Gasteiger partial charge on any atom is 0.261 e. The summed E-state index contributed by atoms with van der Waals surface area (Å²) < 4.78 is 13.1. The first kappa shape index (κ1) is 28.7. The third kappa shape index (κ3) is 8.60. The number of aromatic nitrogens is 1. The van der Waals surface area contributed by atoms with Gasteiger partial charge in [-0.05, 0) is 54.8 Å². The molecule has 1 aromatic heterocycles. The Morgan fingerprint density at radius 1 is 0.949 bits per heavy atom. The normalized spacial score (nSPS) is 13.7. The largest absolute Gasteiger partial charge is 0.484 e. The van der Waals surface area contributed by atoms with E-state index >= 15 is 0 Å². The molecule has 0 spiro atoms. The molecule has 0 aliphatic heterocycles. The molecule has 208 valence electrons. The summed E-state index contributed by atoms with van der Waals surface area (Å²) in [4.78, 5) is 30.5. The second-order valence-corrected chi connectivity index (χ2v) is 10.4. The second kappa shape index (κ2) is 14.8. The van der Waals surface area contributed by atoms with Crippen LogP contribution in [0.15, 0.2) is 72.9 Å². The monoisotopic (exact) mass is 551 g/mol. The molecule has 0 radical (unpaired) electrons. The lowest BCUT2D eigenvalue weighted by Crippen LogP contribution is -2.49. The van der Waals surface area contributed by atoms with Gasteiger partial charge in [-0.15, -0.1) is 0 Å². The van der Waals surface area contributed by atoms with E-state index in [-0.39, 0.29) is 31.0 Å². The summed E-state index contributed by atoms with van der Waals surface area (Å²) in [7, 11) is 1.59. The smallest absolute Gasteiger partial charge is 0.261 e. The molecule has 39 heavy (non-hydrogen) atoms. The average Bonchev–Trinajstić information content (AvgIpc) is 3.40. The Labute approximate surface area is 236 Å². The standard InChI is InChI=1S/C31H38ClN3O4/c1-38-20-19-34(31(37)24-39-29-16-14-26(32)15-17-29)23-30(36)35(27-11-6-3-7-12-27)22-28-13-8-18-33(28)21-25-9-4-2-5-10-25/h2,4-5,8-10,13-18,27H,3,6-7,11-12,19-24H2,1H3. The Morgan fingerprint density at radius 3 is 2.41 bits per heavy atom. The first-order valence-corrected chi connectivity index (χ1v) is 14.0. The summed E-state index contributed by atoms with van der Waals surface area (Å²) in [5.41, 5.74) is 2.29. The first-order chi connectivity index (χ1) is 19.0. The van der Waals surface area contributed by atoms with Crippen molar-refractivity contribution in [3.05, 3.63) is 89.2 Å². The zero-order chi connectivity index (χ0) is 27.5. The van der Waals surface area contributed by atoms with E-state index in [2.05, 4.69) is 29.0 Å². The van der Waals surface area contributed by atoms with Gasteiger partial charge in [0.2, 0.25) is 5.91 Å². The number of carbonyl (C=O) groups is 2. The summed E-state index contributed by atoms with van der Waals surface area (Å²) in [5.74, 6) is 0.241. The predicted octanol–water partition coefficient (Wildman–Crippen LogP) is 5.41. The quantitative estimate of drug-likeness (QED) is 0.285. The molecule has 2 aromatic carbocycles. The van der Waals surface area contributed by atoms with Crippen LogP contribution in [0.5, 0.6) is 5.75 Å². The van der Waals surface area contributed by atoms with Crippen LogP contribution in [-0.2, 0) is 27.4 Å². The Bertz CT molecular complexity index is 1180. The van der Waals surface area contributed by atoms with Crippen molar-refractivity contribution in [3.63, 3.8) is 0 Å². The van der Waals surface area contributed by atoms with Gasteiger partial charge in [-0.25, -0.2) is 0 Å². The number of carbonyl (C=O) groups excluding carboxylic acids is 2. The molecule has 4 rings (SSSR count). The van der Waals surface area contributed by atoms with Crippen molar-refractivity contribution in [2.75, 3.05) is 33.4 Å². The van der Waals surface area contributed by atoms with Crippen molar-refractivity contribution < 1.29 is 19.1 Å². The minimum atomic E-state index is -0.258.